The number of hydrogen-bond acceptors (Lipinski definition) is 4. The number of aromatic hydroxyl groups is 1. The van der Waals surface area contributed by atoms with Crippen LogP contribution in [0.15, 0.2) is 45.6 Å². The summed E-state index contributed by atoms with van der Waals surface area (Å²) in [5.74, 6) is 2.56. The van der Waals surface area contributed by atoms with Gasteiger partial charge in [0, 0.05) is 31.1 Å². The molecule has 1 aliphatic heterocycles. The second-order valence-electron chi connectivity index (χ2n) is 9.30. The summed E-state index contributed by atoms with van der Waals surface area (Å²) < 4.78 is 11.5. The Morgan fingerprint density at radius 1 is 1.00 bits per heavy atom. The van der Waals surface area contributed by atoms with E-state index in [2.05, 4.69) is 0 Å². The van der Waals surface area contributed by atoms with E-state index in [1.54, 1.807) is 6.07 Å². The normalized spacial score (nSPS) is 23.8. The molecule has 3 atom stereocenters. The highest BCUT2D eigenvalue weighted by molar-refractivity contribution is 5.41. The summed E-state index contributed by atoms with van der Waals surface area (Å²) in [4.78, 5) is 13.1. The largest absolute Gasteiger partial charge is 0.507 e. The average Bonchev–Trinajstić information content (AvgIpc) is 3.65. The van der Waals surface area contributed by atoms with Crippen molar-refractivity contribution in [2.45, 2.75) is 56.8 Å². The molecule has 2 aliphatic carbocycles. The Morgan fingerprint density at radius 3 is 2.38 bits per heavy atom. The SMILES string of the molecule is O=c1oc(C(CC2CC2)CC2CCOC2)cc(O)c1C(c1ccccc1)C1CC1. The highest BCUT2D eigenvalue weighted by Crippen LogP contribution is 2.48. The minimum absolute atomic E-state index is 0.0772. The molecule has 2 heterocycles. The van der Waals surface area contributed by atoms with E-state index in [9.17, 15) is 9.90 Å². The predicted octanol–water partition coefficient (Wildman–Crippen LogP) is 5.20. The minimum atomic E-state index is -0.357. The summed E-state index contributed by atoms with van der Waals surface area (Å²) in [5.41, 5.74) is 1.17. The van der Waals surface area contributed by atoms with Crippen molar-refractivity contribution in [3.05, 3.63) is 63.7 Å². The number of rotatable bonds is 8. The summed E-state index contributed by atoms with van der Waals surface area (Å²) in [6, 6.07) is 11.8. The Balaban J connectivity index is 1.46. The van der Waals surface area contributed by atoms with Crippen LogP contribution < -0.4 is 5.63 Å². The van der Waals surface area contributed by atoms with Crippen molar-refractivity contribution in [2.24, 2.45) is 17.8 Å². The molecule has 0 bridgehead atoms. The van der Waals surface area contributed by atoms with Gasteiger partial charge in [-0.25, -0.2) is 4.79 Å². The Bertz CT molecular complexity index is 889. The van der Waals surface area contributed by atoms with Gasteiger partial charge in [0.2, 0.25) is 0 Å². The van der Waals surface area contributed by atoms with Gasteiger partial charge in [0.15, 0.2) is 0 Å². The predicted molar refractivity (Wildman–Crippen MR) is 111 cm³/mol. The quantitative estimate of drug-likeness (QED) is 0.669. The van der Waals surface area contributed by atoms with E-state index in [4.69, 9.17) is 9.15 Å². The zero-order valence-corrected chi connectivity index (χ0v) is 16.9. The van der Waals surface area contributed by atoms with Gasteiger partial charge in [-0.3, -0.25) is 0 Å². The van der Waals surface area contributed by atoms with E-state index in [0.717, 1.165) is 56.8 Å². The third-order valence-electron chi connectivity index (χ3n) is 6.91. The van der Waals surface area contributed by atoms with E-state index in [-0.39, 0.29) is 23.2 Å². The monoisotopic (exact) mass is 394 g/mol. The van der Waals surface area contributed by atoms with Crippen LogP contribution in [0.1, 0.15) is 73.7 Å². The van der Waals surface area contributed by atoms with Crippen LogP contribution in [0.3, 0.4) is 0 Å². The van der Waals surface area contributed by atoms with Crippen molar-refractivity contribution in [2.75, 3.05) is 13.2 Å². The lowest BCUT2D eigenvalue weighted by atomic mass is 9.85. The molecule has 0 amide bonds. The van der Waals surface area contributed by atoms with Crippen LogP contribution in [-0.2, 0) is 4.74 Å². The van der Waals surface area contributed by atoms with Gasteiger partial charge in [-0.05, 0) is 55.4 Å². The van der Waals surface area contributed by atoms with Crippen LogP contribution in [-0.4, -0.2) is 18.3 Å². The van der Waals surface area contributed by atoms with Crippen molar-refractivity contribution in [3.63, 3.8) is 0 Å². The van der Waals surface area contributed by atoms with Crippen molar-refractivity contribution in [3.8, 4) is 5.75 Å². The number of ether oxygens (including phenoxy) is 1. The molecular formula is C25H30O4. The Kier molecular flexibility index (Phi) is 5.21. The number of benzene rings is 1. The molecule has 1 N–H and O–H groups in total. The second-order valence-corrected chi connectivity index (χ2v) is 9.30. The zero-order valence-electron chi connectivity index (χ0n) is 16.9. The first kappa shape index (κ1) is 18.9. The van der Waals surface area contributed by atoms with Crippen LogP contribution >= 0.6 is 0 Å². The highest BCUT2D eigenvalue weighted by atomic mass is 16.5. The standard InChI is InChI=1S/C25H30O4/c26-21-14-22(20(12-16-6-7-16)13-17-10-11-28-15-17)29-25(27)24(21)23(19-8-9-19)18-4-2-1-3-5-18/h1-5,14,16-17,19-20,23,26H,6-13,15H2. The molecule has 4 heteroatoms. The van der Waals surface area contributed by atoms with Crippen molar-refractivity contribution in [1.29, 1.82) is 0 Å². The zero-order chi connectivity index (χ0) is 19.8. The van der Waals surface area contributed by atoms with E-state index in [0.29, 0.717) is 23.2 Å². The van der Waals surface area contributed by atoms with Gasteiger partial charge in [0.1, 0.15) is 11.5 Å². The van der Waals surface area contributed by atoms with Gasteiger partial charge >= 0.3 is 5.63 Å². The molecule has 1 aromatic carbocycles. The van der Waals surface area contributed by atoms with Gasteiger partial charge in [0.25, 0.3) is 0 Å². The molecule has 0 spiro atoms. The van der Waals surface area contributed by atoms with E-state index >= 15 is 0 Å². The first-order chi connectivity index (χ1) is 14.2. The summed E-state index contributed by atoms with van der Waals surface area (Å²) in [7, 11) is 0. The van der Waals surface area contributed by atoms with E-state index in [1.807, 2.05) is 30.3 Å². The molecule has 1 saturated heterocycles. The molecular weight excluding hydrogens is 364 g/mol. The average molecular weight is 395 g/mol. The topological polar surface area (TPSA) is 59.7 Å². The molecule has 3 unspecified atom stereocenters. The Hall–Kier alpha value is -2.07. The highest BCUT2D eigenvalue weighted by Gasteiger charge is 2.38. The van der Waals surface area contributed by atoms with Gasteiger partial charge in [-0.1, -0.05) is 43.2 Å². The summed E-state index contributed by atoms with van der Waals surface area (Å²) in [6.07, 6.45) is 7.81. The lowest BCUT2D eigenvalue weighted by Crippen LogP contribution is -2.18. The van der Waals surface area contributed by atoms with Gasteiger partial charge in [-0.2, -0.15) is 0 Å². The maximum absolute atomic E-state index is 13.1. The van der Waals surface area contributed by atoms with Crippen LogP contribution in [0.5, 0.6) is 5.75 Å². The van der Waals surface area contributed by atoms with E-state index < -0.39 is 0 Å². The molecule has 3 fully saturated rings. The first-order valence-corrected chi connectivity index (χ1v) is 11.2. The maximum Gasteiger partial charge on any atom is 0.343 e. The summed E-state index contributed by atoms with van der Waals surface area (Å²) in [5, 5.41) is 11.0. The van der Waals surface area contributed by atoms with Crippen LogP contribution in [0.25, 0.3) is 0 Å². The Labute approximate surface area is 171 Å². The van der Waals surface area contributed by atoms with Gasteiger partial charge < -0.3 is 14.3 Å². The van der Waals surface area contributed by atoms with Gasteiger partial charge in [0.05, 0.1) is 5.56 Å². The maximum atomic E-state index is 13.1. The molecule has 29 heavy (non-hydrogen) atoms. The third-order valence-corrected chi connectivity index (χ3v) is 6.91. The summed E-state index contributed by atoms with van der Waals surface area (Å²) in [6.45, 7) is 1.63. The summed E-state index contributed by atoms with van der Waals surface area (Å²) >= 11 is 0. The van der Waals surface area contributed by atoms with Crippen LogP contribution in [0.4, 0.5) is 0 Å². The fourth-order valence-electron chi connectivity index (χ4n) is 5.02. The van der Waals surface area contributed by atoms with Crippen molar-refractivity contribution >= 4 is 0 Å². The molecule has 154 valence electrons. The van der Waals surface area contributed by atoms with Crippen LogP contribution in [0.2, 0.25) is 0 Å². The molecule has 3 aliphatic rings. The number of hydrogen-bond donors (Lipinski definition) is 1. The molecule has 0 radical (unpaired) electrons. The van der Waals surface area contributed by atoms with Crippen molar-refractivity contribution in [1.82, 2.24) is 0 Å². The molecule has 1 aromatic heterocycles. The molecule has 4 nitrogen and oxygen atoms in total. The smallest absolute Gasteiger partial charge is 0.343 e. The van der Waals surface area contributed by atoms with Gasteiger partial charge in [-0.15, -0.1) is 0 Å². The first-order valence-electron chi connectivity index (χ1n) is 11.2. The molecule has 2 aromatic rings. The van der Waals surface area contributed by atoms with Crippen molar-refractivity contribution < 1.29 is 14.3 Å². The fraction of sp³-hybridized carbons (Fsp3) is 0.560. The molecule has 2 saturated carbocycles. The lowest BCUT2D eigenvalue weighted by Gasteiger charge is -2.21. The third kappa shape index (κ3) is 4.28. The van der Waals surface area contributed by atoms with E-state index in [1.165, 1.54) is 12.8 Å². The lowest BCUT2D eigenvalue weighted by molar-refractivity contribution is 0.180. The fourth-order valence-corrected chi connectivity index (χ4v) is 5.02. The second kappa shape index (κ2) is 7.98. The minimum Gasteiger partial charge on any atom is -0.507 e. The van der Waals surface area contributed by atoms with Crippen LogP contribution in [0, 0.1) is 17.8 Å². The molecule has 5 rings (SSSR count). The Morgan fingerprint density at radius 2 is 1.76 bits per heavy atom.